The van der Waals surface area contributed by atoms with Gasteiger partial charge in [-0.25, -0.2) is 9.97 Å². The summed E-state index contributed by atoms with van der Waals surface area (Å²) in [6, 6.07) is 5.88. The molecule has 1 atom stereocenters. The zero-order valence-corrected chi connectivity index (χ0v) is 15.3. The van der Waals surface area contributed by atoms with E-state index in [0.717, 1.165) is 42.9 Å². The van der Waals surface area contributed by atoms with Gasteiger partial charge in [0, 0.05) is 24.6 Å². The lowest BCUT2D eigenvalue weighted by molar-refractivity contribution is 0.0974. The molecular formula is C19H23N5O3. The molecule has 0 radical (unpaired) electrons. The molecule has 1 unspecified atom stereocenters. The van der Waals surface area contributed by atoms with Gasteiger partial charge in [0.05, 0.1) is 38.5 Å². The summed E-state index contributed by atoms with van der Waals surface area (Å²) >= 11 is 0. The van der Waals surface area contributed by atoms with E-state index in [1.807, 2.05) is 30.6 Å². The molecular weight excluding hydrogens is 346 g/mol. The Hall–Kier alpha value is -2.71. The number of imidazole rings is 1. The lowest BCUT2D eigenvalue weighted by Crippen LogP contribution is -2.15. The van der Waals surface area contributed by atoms with Crippen molar-refractivity contribution in [3.05, 3.63) is 36.9 Å². The third kappa shape index (κ3) is 3.72. The first-order valence-corrected chi connectivity index (χ1v) is 9.10. The second kappa shape index (κ2) is 7.89. The summed E-state index contributed by atoms with van der Waals surface area (Å²) in [7, 11) is 1.63. The van der Waals surface area contributed by atoms with Crippen molar-refractivity contribution < 1.29 is 14.6 Å². The molecule has 1 aliphatic heterocycles. The van der Waals surface area contributed by atoms with Gasteiger partial charge in [-0.3, -0.25) is 4.68 Å². The Labute approximate surface area is 157 Å². The number of aromatic nitrogens is 5. The molecule has 0 spiro atoms. The molecule has 0 saturated carbocycles. The molecule has 1 saturated heterocycles. The van der Waals surface area contributed by atoms with Crippen molar-refractivity contribution >= 4 is 0 Å². The number of nitrogens with zero attached hydrogens (tertiary/aromatic N) is 5. The van der Waals surface area contributed by atoms with Crippen LogP contribution in [0.25, 0.3) is 22.8 Å². The molecule has 1 aliphatic rings. The number of aliphatic hydroxyl groups is 1. The largest absolute Gasteiger partial charge is 0.496 e. The summed E-state index contributed by atoms with van der Waals surface area (Å²) in [6.45, 7) is 2.05. The van der Waals surface area contributed by atoms with Gasteiger partial charge in [-0.05, 0) is 31.0 Å². The highest BCUT2D eigenvalue weighted by Gasteiger charge is 2.19. The maximum Gasteiger partial charge on any atom is 0.184 e. The summed E-state index contributed by atoms with van der Waals surface area (Å²) in [5.41, 5.74) is 1.76. The molecule has 1 fully saturated rings. The first kappa shape index (κ1) is 17.7. The number of ether oxygens (including phenoxy) is 2. The fraction of sp³-hybridized carbons (Fsp3) is 0.421. The van der Waals surface area contributed by atoms with E-state index in [4.69, 9.17) is 14.6 Å². The second-order valence-corrected chi connectivity index (χ2v) is 6.51. The van der Waals surface area contributed by atoms with Crippen LogP contribution in [0, 0.1) is 0 Å². The van der Waals surface area contributed by atoms with Crippen LogP contribution in [-0.2, 0) is 17.8 Å². The Morgan fingerprint density at radius 2 is 2.26 bits per heavy atom. The summed E-state index contributed by atoms with van der Waals surface area (Å²) in [5, 5.41) is 13.5. The molecule has 4 rings (SSSR count). The average molecular weight is 369 g/mol. The van der Waals surface area contributed by atoms with Crippen LogP contribution >= 0.6 is 0 Å². The van der Waals surface area contributed by atoms with Crippen molar-refractivity contribution in [2.24, 2.45) is 0 Å². The van der Waals surface area contributed by atoms with E-state index in [0.29, 0.717) is 18.1 Å². The average Bonchev–Trinajstić information content (AvgIpc) is 3.44. The minimum Gasteiger partial charge on any atom is -0.496 e. The predicted octanol–water partition coefficient (Wildman–Crippen LogP) is 1.99. The highest BCUT2D eigenvalue weighted by molar-refractivity contribution is 5.72. The van der Waals surface area contributed by atoms with Crippen LogP contribution in [0.3, 0.4) is 0 Å². The van der Waals surface area contributed by atoms with E-state index in [2.05, 4.69) is 19.6 Å². The van der Waals surface area contributed by atoms with Crippen molar-refractivity contribution in [3.8, 4) is 28.5 Å². The Morgan fingerprint density at radius 1 is 1.33 bits per heavy atom. The lowest BCUT2D eigenvalue weighted by atomic mass is 10.1. The standard InChI is InChI=1S/C19H23N5O3/c1-26-17-5-4-14(11-16(17)18-21-13-24(22-18)8-9-25)19-20-6-7-23(19)12-15-3-2-10-27-15/h4-7,11,13,15,25H,2-3,8-10,12H2,1H3. The first-order chi connectivity index (χ1) is 13.3. The topological polar surface area (TPSA) is 87.2 Å². The fourth-order valence-corrected chi connectivity index (χ4v) is 3.37. The van der Waals surface area contributed by atoms with Gasteiger partial charge in [0.1, 0.15) is 17.9 Å². The van der Waals surface area contributed by atoms with E-state index in [1.54, 1.807) is 18.1 Å². The van der Waals surface area contributed by atoms with Crippen molar-refractivity contribution in [1.29, 1.82) is 0 Å². The lowest BCUT2D eigenvalue weighted by Gasteiger charge is -2.14. The number of rotatable bonds is 7. The quantitative estimate of drug-likeness (QED) is 0.685. The van der Waals surface area contributed by atoms with Gasteiger partial charge in [-0.1, -0.05) is 0 Å². The van der Waals surface area contributed by atoms with E-state index in [-0.39, 0.29) is 12.7 Å². The Kier molecular flexibility index (Phi) is 5.17. The SMILES string of the molecule is COc1ccc(-c2nccn2CC2CCCO2)cc1-c1ncn(CCO)n1. The molecule has 2 aromatic heterocycles. The third-order valence-electron chi connectivity index (χ3n) is 4.70. The number of hydrogen-bond acceptors (Lipinski definition) is 6. The van der Waals surface area contributed by atoms with E-state index in [1.165, 1.54) is 0 Å². The van der Waals surface area contributed by atoms with Gasteiger partial charge in [0.15, 0.2) is 5.82 Å². The molecule has 0 aliphatic carbocycles. The zero-order valence-electron chi connectivity index (χ0n) is 15.3. The molecule has 8 nitrogen and oxygen atoms in total. The van der Waals surface area contributed by atoms with Crippen molar-refractivity contribution in [1.82, 2.24) is 24.3 Å². The maximum atomic E-state index is 9.08. The van der Waals surface area contributed by atoms with Crippen LogP contribution in [0.2, 0.25) is 0 Å². The minimum atomic E-state index is 0.0145. The molecule has 3 aromatic rings. The second-order valence-electron chi connectivity index (χ2n) is 6.51. The summed E-state index contributed by atoms with van der Waals surface area (Å²) in [4.78, 5) is 8.90. The van der Waals surface area contributed by atoms with Gasteiger partial charge < -0.3 is 19.1 Å². The van der Waals surface area contributed by atoms with Crippen LogP contribution in [-0.4, -0.2) is 55.8 Å². The summed E-state index contributed by atoms with van der Waals surface area (Å²) in [5.74, 6) is 2.13. The molecule has 27 heavy (non-hydrogen) atoms. The van der Waals surface area contributed by atoms with Crippen LogP contribution in [0.5, 0.6) is 5.75 Å². The number of aliphatic hydroxyl groups excluding tert-OH is 1. The van der Waals surface area contributed by atoms with Gasteiger partial charge in [-0.2, -0.15) is 5.10 Å². The van der Waals surface area contributed by atoms with Gasteiger partial charge in [0.25, 0.3) is 0 Å². The van der Waals surface area contributed by atoms with Crippen LogP contribution in [0.4, 0.5) is 0 Å². The normalized spacial score (nSPS) is 16.7. The molecule has 0 bridgehead atoms. The summed E-state index contributed by atoms with van der Waals surface area (Å²) < 4.78 is 15.0. The Balaban J connectivity index is 1.67. The Morgan fingerprint density at radius 3 is 3.04 bits per heavy atom. The van der Waals surface area contributed by atoms with Crippen molar-refractivity contribution in [2.75, 3.05) is 20.3 Å². The van der Waals surface area contributed by atoms with Crippen LogP contribution in [0.15, 0.2) is 36.9 Å². The molecule has 3 heterocycles. The number of benzene rings is 1. The monoisotopic (exact) mass is 369 g/mol. The van der Waals surface area contributed by atoms with Crippen molar-refractivity contribution in [3.63, 3.8) is 0 Å². The first-order valence-electron chi connectivity index (χ1n) is 9.10. The highest BCUT2D eigenvalue weighted by atomic mass is 16.5. The molecule has 8 heteroatoms. The Bertz CT molecular complexity index is 898. The third-order valence-corrected chi connectivity index (χ3v) is 4.70. The zero-order chi connectivity index (χ0) is 18.6. The molecule has 0 amide bonds. The van der Waals surface area contributed by atoms with E-state index < -0.39 is 0 Å². The van der Waals surface area contributed by atoms with Crippen LogP contribution < -0.4 is 4.74 Å². The minimum absolute atomic E-state index is 0.0145. The van der Waals surface area contributed by atoms with Gasteiger partial charge in [0.2, 0.25) is 0 Å². The smallest absolute Gasteiger partial charge is 0.184 e. The number of methoxy groups -OCH3 is 1. The molecule has 1 N–H and O–H groups in total. The van der Waals surface area contributed by atoms with Gasteiger partial charge >= 0.3 is 0 Å². The summed E-state index contributed by atoms with van der Waals surface area (Å²) in [6.07, 6.45) is 7.83. The highest BCUT2D eigenvalue weighted by Crippen LogP contribution is 2.32. The predicted molar refractivity (Wildman–Crippen MR) is 99.3 cm³/mol. The van der Waals surface area contributed by atoms with E-state index >= 15 is 0 Å². The number of hydrogen-bond donors (Lipinski definition) is 1. The fourth-order valence-electron chi connectivity index (χ4n) is 3.37. The van der Waals surface area contributed by atoms with Gasteiger partial charge in [-0.15, -0.1) is 0 Å². The van der Waals surface area contributed by atoms with E-state index in [9.17, 15) is 0 Å². The maximum absolute atomic E-state index is 9.08. The van der Waals surface area contributed by atoms with Crippen LogP contribution in [0.1, 0.15) is 12.8 Å². The molecule has 142 valence electrons. The molecule has 1 aromatic carbocycles. The van der Waals surface area contributed by atoms with Crippen molar-refractivity contribution in [2.45, 2.75) is 32.0 Å².